The summed E-state index contributed by atoms with van der Waals surface area (Å²) in [6, 6.07) is 5.03. The Labute approximate surface area is 262 Å². The smallest absolute Gasteiger partial charge is 0.349 e. The molecule has 3 N–H and O–H groups in total. The van der Waals surface area contributed by atoms with Crippen molar-refractivity contribution in [2.45, 2.75) is 6.10 Å². The van der Waals surface area contributed by atoms with Crippen molar-refractivity contribution in [3.63, 3.8) is 0 Å². The van der Waals surface area contributed by atoms with Crippen molar-refractivity contribution in [3.8, 4) is 18.2 Å². The molecule has 0 aliphatic heterocycles. The molecule has 0 aromatic rings. The van der Waals surface area contributed by atoms with E-state index in [1.165, 1.54) is 49.0 Å². The second-order valence-electron chi connectivity index (χ2n) is 8.94. The number of aliphatic hydroxyl groups is 3. The van der Waals surface area contributed by atoms with Crippen LogP contribution in [0.5, 0.6) is 0 Å². The van der Waals surface area contributed by atoms with Crippen molar-refractivity contribution in [2.24, 2.45) is 0 Å². The first-order valence-corrected chi connectivity index (χ1v) is 13.4. The fourth-order valence-corrected chi connectivity index (χ4v) is 2.83. The number of likely N-dealkylation sites (N-methyl/N-ethyl adjacent to an activating group) is 3. The minimum absolute atomic E-state index is 0.105. The average molecular weight is 627 g/mol. The molecule has 0 aromatic carbocycles. The number of allylic oxidation sites excluding steroid dienone is 6. The number of nitrogens with zero attached hydrogens (tertiary/aromatic N) is 6. The lowest BCUT2D eigenvalue weighted by Gasteiger charge is -2.17. The van der Waals surface area contributed by atoms with Crippen LogP contribution < -0.4 is 0 Å². The average Bonchev–Trinajstić information content (AvgIpc) is 3.01. The number of carbonyl (C=O) groups excluding carboxylic acids is 3. The number of ether oxygens (including phenoxy) is 3. The number of esters is 3. The SMILES string of the molecule is CN(C=CC=C(C#N)C(=O)OCC(COC(=O)C(C#N)=CC=CN(C)CCO)OC(=O)C(C#N)=CC=CN(C)CCO)CCO. The highest BCUT2D eigenvalue weighted by Gasteiger charge is 2.23. The highest BCUT2D eigenvalue weighted by molar-refractivity contribution is 5.94. The third kappa shape index (κ3) is 18.0. The van der Waals surface area contributed by atoms with Crippen molar-refractivity contribution >= 4 is 17.9 Å². The quantitative estimate of drug-likeness (QED) is 0.0517. The number of aliphatic hydroxyl groups excluding tert-OH is 3. The van der Waals surface area contributed by atoms with Gasteiger partial charge in [0, 0.05) is 40.8 Å². The van der Waals surface area contributed by atoms with Crippen LogP contribution in [0.15, 0.2) is 71.8 Å². The van der Waals surface area contributed by atoms with Crippen LogP contribution in [-0.2, 0) is 28.6 Å². The summed E-state index contributed by atoms with van der Waals surface area (Å²) in [6.45, 7) is -0.757. The Balaban J connectivity index is 5.85. The molecule has 0 aromatic heterocycles. The Morgan fingerprint density at radius 3 is 1.22 bits per heavy atom. The van der Waals surface area contributed by atoms with Gasteiger partial charge < -0.3 is 44.2 Å². The summed E-state index contributed by atoms with van der Waals surface area (Å²) in [4.78, 5) is 42.5. The van der Waals surface area contributed by atoms with Crippen LogP contribution in [0.3, 0.4) is 0 Å². The maximum atomic E-state index is 12.7. The van der Waals surface area contributed by atoms with Gasteiger partial charge in [-0.05, 0) is 55.1 Å². The maximum absolute atomic E-state index is 12.7. The largest absolute Gasteiger partial charge is 0.457 e. The first-order chi connectivity index (χ1) is 21.6. The number of nitriles is 3. The Bertz CT molecular complexity index is 1220. The fourth-order valence-electron chi connectivity index (χ4n) is 2.83. The van der Waals surface area contributed by atoms with Crippen LogP contribution in [0.25, 0.3) is 0 Å². The summed E-state index contributed by atoms with van der Waals surface area (Å²) in [5.41, 5.74) is -1.27. The minimum Gasteiger partial charge on any atom is -0.457 e. The monoisotopic (exact) mass is 626 g/mol. The van der Waals surface area contributed by atoms with E-state index in [0.717, 1.165) is 6.08 Å². The molecule has 0 bridgehead atoms. The van der Waals surface area contributed by atoms with Gasteiger partial charge in [0.15, 0.2) is 6.10 Å². The second kappa shape index (κ2) is 24.1. The molecule has 0 heterocycles. The van der Waals surface area contributed by atoms with E-state index in [-0.39, 0.29) is 19.8 Å². The lowest BCUT2D eigenvalue weighted by atomic mass is 10.2. The number of rotatable bonds is 20. The molecule has 0 aliphatic rings. The van der Waals surface area contributed by atoms with E-state index in [1.54, 1.807) is 54.1 Å². The van der Waals surface area contributed by atoms with E-state index in [4.69, 9.17) is 29.5 Å². The fraction of sp³-hybridized carbons (Fsp3) is 0.400. The van der Waals surface area contributed by atoms with Gasteiger partial charge in [-0.1, -0.05) is 0 Å². The first kappa shape index (κ1) is 39.6. The molecule has 0 spiro atoms. The van der Waals surface area contributed by atoms with Crippen molar-refractivity contribution in [3.05, 3.63) is 71.8 Å². The Morgan fingerprint density at radius 1 is 0.622 bits per heavy atom. The van der Waals surface area contributed by atoms with Crippen molar-refractivity contribution in [1.29, 1.82) is 15.8 Å². The predicted molar refractivity (Wildman–Crippen MR) is 159 cm³/mol. The summed E-state index contributed by atoms with van der Waals surface area (Å²) in [6.07, 6.45) is 10.7. The molecule has 0 fully saturated rings. The van der Waals surface area contributed by atoms with Crippen LogP contribution in [-0.4, -0.2) is 128 Å². The topological polar surface area (TPSA) is 221 Å². The van der Waals surface area contributed by atoms with Crippen LogP contribution >= 0.6 is 0 Å². The van der Waals surface area contributed by atoms with Gasteiger partial charge in [0.05, 0.1) is 19.8 Å². The second-order valence-corrected chi connectivity index (χ2v) is 8.94. The van der Waals surface area contributed by atoms with Crippen LogP contribution in [0.2, 0.25) is 0 Å². The third-order valence-corrected chi connectivity index (χ3v) is 5.26. The molecule has 0 rings (SSSR count). The first-order valence-electron chi connectivity index (χ1n) is 13.4. The Kier molecular flexibility index (Phi) is 21.2. The van der Waals surface area contributed by atoms with Crippen LogP contribution in [0, 0.1) is 34.0 Å². The van der Waals surface area contributed by atoms with Gasteiger partial charge >= 0.3 is 17.9 Å². The summed E-state index contributed by atoms with van der Waals surface area (Å²) >= 11 is 0. The van der Waals surface area contributed by atoms with E-state index in [1.807, 2.05) is 0 Å². The van der Waals surface area contributed by atoms with Crippen LogP contribution in [0.1, 0.15) is 0 Å². The highest BCUT2D eigenvalue weighted by Crippen LogP contribution is 2.08. The molecular weight excluding hydrogens is 588 g/mol. The molecule has 0 atom stereocenters. The van der Waals surface area contributed by atoms with E-state index in [2.05, 4.69) is 0 Å². The molecular formula is C30H38N6O9. The molecule has 0 saturated carbocycles. The molecule has 15 nitrogen and oxygen atoms in total. The van der Waals surface area contributed by atoms with E-state index in [0.29, 0.717) is 19.6 Å². The maximum Gasteiger partial charge on any atom is 0.349 e. The molecule has 0 saturated heterocycles. The zero-order valence-corrected chi connectivity index (χ0v) is 25.4. The van der Waals surface area contributed by atoms with Gasteiger partial charge in [-0.15, -0.1) is 0 Å². The molecule has 0 radical (unpaired) electrons. The lowest BCUT2D eigenvalue weighted by Crippen LogP contribution is -2.31. The van der Waals surface area contributed by atoms with Gasteiger partial charge in [0.1, 0.15) is 48.1 Å². The number of hydrogen-bond donors (Lipinski definition) is 3. The minimum atomic E-state index is -1.44. The van der Waals surface area contributed by atoms with Crippen LogP contribution in [0.4, 0.5) is 0 Å². The van der Waals surface area contributed by atoms with Crippen molar-refractivity contribution in [2.75, 3.05) is 73.8 Å². The summed E-state index contributed by atoms with van der Waals surface area (Å²) in [7, 11) is 4.98. The zero-order valence-electron chi connectivity index (χ0n) is 25.4. The summed E-state index contributed by atoms with van der Waals surface area (Å²) < 4.78 is 15.5. The summed E-state index contributed by atoms with van der Waals surface area (Å²) in [5.74, 6) is -3.30. The molecule has 0 unspecified atom stereocenters. The van der Waals surface area contributed by atoms with Crippen molar-refractivity contribution < 1.29 is 43.9 Å². The molecule has 45 heavy (non-hydrogen) atoms. The highest BCUT2D eigenvalue weighted by atomic mass is 16.6. The van der Waals surface area contributed by atoms with E-state index < -0.39 is 53.9 Å². The number of carbonyl (C=O) groups is 3. The molecule has 15 heteroatoms. The van der Waals surface area contributed by atoms with Gasteiger partial charge in [-0.2, -0.15) is 15.8 Å². The Hall–Kier alpha value is -5.40. The molecule has 0 aliphatic carbocycles. The van der Waals surface area contributed by atoms with Crippen molar-refractivity contribution in [1.82, 2.24) is 14.7 Å². The standard InChI is InChI=1S/C30H38N6O9/c1-34(13-16-37)10-4-7-24(19-31)28(40)43-22-27(45-30(42)26(21-33)9-6-12-36(3)15-18-39)23-44-29(41)25(20-32)8-5-11-35(2)14-17-38/h4-12,27,37-39H,13-18,22-23H2,1-3H3. The molecule has 0 amide bonds. The Morgan fingerprint density at radius 2 is 0.933 bits per heavy atom. The lowest BCUT2D eigenvalue weighted by molar-refractivity contribution is -0.161. The van der Waals surface area contributed by atoms with Gasteiger partial charge in [0.25, 0.3) is 0 Å². The third-order valence-electron chi connectivity index (χ3n) is 5.26. The van der Waals surface area contributed by atoms with E-state index in [9.17, 15) is 30.2 Å². The van der Waals surface area contributed by atoms with E-state index >= 15 is 0 Å². The van der Waals surface area contributed by atoms with Gasteiger partial charge in [-0.3, -0.25) is 0 Å². The predicted octanol–water partition coefficient (Wildman–Crippen LogP) is -0.352. The normalized spacial score (nSPS) is 12.7. The summed E-state index contributed by atoms with van der Waals surface area (Å²) in [5, 5.41) is 55.0. The zero-order chi connectivity index (χ0) is 34.0. The molecule has 242 valence electrons. The van der Waals surface area contributed by atoms with Gasteiger partial charge in [-0.25, -0.2) is 14.4 Å². The number of hydrogen-bond acceptors (Lipinski definition) is 15. The van der Waals surface area contributed by atoms with Gasteiger partial charge in [0.2, 0.25) is 0 Å².